The van der Waals surface area contributed by atoms with Gasteiger partial charge in [0, 0.05) is 12.6 Å². The lowest BCUT2D eigenvalue weighted by molar-refractivity contribution is -0.141. The van der Waals surface area contributed by atoms with E-state index in [9.17, 15) is 4.79 Å². The van der Waals surface area contributed by atoms with E-state index < -0.39 is 0 Å². The number of hydrogen-bond acceptors (Lipinski definition) is 5. The molecule has 0 radical (unpaired) electrons. The van der Waals surface area contributed by atoms with Crippen LogP contribution in [-0.4, -0.2) is 34.1 Å². The average Bonchev–Trinajstić information content (AvgIpc) is 2.88. The zero-order valence-corrected chi connectivity index (χ0v) is 12.5. The molecule has 1 N–H and O–H groups in total. The van der Waals surface area contributed by atoms with Gasteiger partial charge in [-0.05, 0) is 18.3 Å². The van der Waals surface area contributed by atoms with E-state index in [2.05, 4.69) is 34.2 Å². The van der Waals surface area contributed by atoms with Crippen molar-refractivity contribution < 1.29 is 9.53 Å². The predicted octanol–water partition coefficient (Wildman–Crippen LogP) is 1.37. The molecule has 0 bridgehead atoms. The minimum atomic E-state index is -0.316. The second kappa shape index (κ2) is 6.83. The summed E-state index contributed by atoms with van der Waals surface area (Å²) in [6, 6.07) is 0.546. The van der Waals surface area contributed by atoms with Gasteiger partial charge in [0.05, 0.1) is 19.0 Å². The Balaban J connectivity index is 1.83. The highest BCUT2D eigenvalue weighted by atomic mass is 16.5. The first-order chi connectivity index (χ1) is 9.60. The number of carbonyl (C=O) groups excluding carboxylic acids is 1. The molecule has 112 valence electrons. The van der Waals surface area contributed by atoms with Crippen molar-refractivity contribution >= 4 is 5.97 Å². The normalized spacial score (nSPS) is 26.4. The van der Waals surface area contributed by atoms with Gasteiger partial charge in [0.2, 0.25) is 0 Å². The van der Waals surface area contributed by atoms with Crippen LogP contribution in [0.15, 0.2) is 6.20 Å². The largest absolute Gasteiger partial charge is 0.468 e. The molecule has 3 atom stereocenters. The third kappa shape index (κ3) is 3.79. The summed E-state index contributed by atoms with van der Waals surface area (Å²) in [6.45, 7) is 5.45. The second-order valence-corrected chi connectivity index (χ2v) is 5.74. The molecule has 0 spiro atoms. The number of methoxy groups -OCH3 is 1. The summed E-state index contributed by atoms with van der Waals surface area (Å²) in [7, 11) is 1.37. The minimum Gasteiger partial charge on any atom is -0.468 e. The summed E-state index contributed by atoms with van der Waals surface area (Å²) >= 11 is 0. The van der Waals surface area contributed by atoms with Gasteiger partial charge in [0.1, 0.15) is 6.54 Å². The molecule has 1 saturated carbocycles. The lowest BCUT2D eigenvalue weighted by Gasteiger charge is -2.34. The maximum absolute atomic E-state index is 11.1. The van der Waals surface area contributed by atoms with Crippen molar-refractivity contribution in [2.75, 3.05) is 7.11 Å². The minimum absolute atomic E-state index is 0.111. The SMILES string of the molecule is COC(=O)Cn1cc(CN[C@@H]2CCC[C@@H](C)[C@H]2C)nn1. The van der Waals surface area contributed by atoms with Crippen molar-refractivity contribution in [3.63, 3.8) is 0 Å². The molecule has 0 amide bonds. The molecule has 1 aliphatic rings. The Morgan fingerprint density at radius 2 is 2.30 bits per heavy atom. The lowest BCUT2D eigenvalue weighted by Crippen LogP contribution is -2.40. The number of esters is 1. The van der Waals surface area contributed by atoms with E-state index in [0.717, 1.165) is 11.6 Å². The number of rotatable bonds is 5. The van der Waals surface area contributed by atoms with Crippen LogP contribution in [0.4, 0.5) is 0 Å². The fourth-order valence-corrected chi connectivity index (χ4v) is 2.80. The van der Waals surface area contributed by atoms with Crippen LogP contribution in [0.25, 0.3) is 0 Å². The van der Waals surface area contributed by atoms with Crippen molar-refractivity contribution in [3.05, 3.63) is 11.9 Å². The van der Waals surface area contributed by atoms with Gasteiger partial charge in [0.25, 0.3) is 0 Å². The first-order valence-corrected chi connectivity index (χ1v) is 7.29. The van der Waals surface area contributed by atoms with Crippen molar-refractivity contribution in [3.8, 4) is 0 Å². The maximum Gasteiger partial charge on any atom is 0.327 e. The van der Waals surface area contributed by atoms with Crippen molar-refractivity contribution in [2.45, 2.75) is 52.2 Å². The molecular formula is C14H24N4O2. The summed E-state index contributed by atoms with van der Waals surface area (Å²) < 4.78 is 6.11. The summed E-state index contributed by atoms with van der Waals surface area (Å²) in [5.74, 6) is 1.15. The number of carbonyl (C=O) groups is 1. The summed E-state index contributed by atoms with van der Waals surface area (Å²) in [6.07, 6.45) is 5.63. The molecule has 1 aromatic rings. The quantitative estimate of drug-likeness (QED) is 0.825. The number of nitrogens with one attached hydrogen (secondary N) is 1. The molecule has 1 aliphatic carbocycles. The smallest absolute Gasteiger partial charge is 0.327 e. The first-order valence-electron chi connectivity index (χ1n) is 7.29. The van der Waals surface area contributed by atoms with Crippen LogP contribution in [0.3, 0.4) is 0 Å². The average molecular weight is 280 g/mol. The van der Waals surface area contributed by atoms with E-state index in [4.69, 9.17) is 0 Å². The van der Waals surface area contributed by atoms with Crippen LogP contribution >= 0.6 is 0 Å². The van der Waals surface area contributed by atoms with Crippen LogP contribution in [0.2, 0.25) is 0 Å². The van der Waals surface area contributed by atoms with Gasteiger partial charge in [-0.1, -0.05) is 31.9 Å². The molecule has 1 heterocycles. The van der Waals surface area contributed by atoms with E-state index in [1.807, 2.05) is 0 Å². The van der Waals surface area contributed by atoms with Crippen molar-refractivity contribution in [1.29, 1.82) is 0 Å². The molecule has 1 aromatic heterocycles. The summed E-state index contributed by atoms with van der Waals surface area (Å²) in [5, 5.41) is 11.6. The van der Waals surface area contributed by atoms with Gasteiger partial charge in [-0.25, -0.2) is 4.68 Å². The van der Waals surface area contributed by atoms with Gasteiger partial charge in [-0.2, -0.15) is 0 Å². The first kappa shape index (κ1) is 15.0. The Hall–Kier alpha value is -1.43. The standard InChI is InChI=1S/C14H24N4O2/c1-10-5-4-6-13(11(10)2)15-7-12-8-18(17-16-12)9-14(19)20-3/h8,10-11,13,15H,4-7,9H2,1-3H3/t10-,11-,13-/m1/s1. The third-order valence-corrected chi connectivity index (χ3v) is 4.36. The summed E-state index contributed by atoms with van der Waals surface area (Å²) in [4.78, 5) is 11.1. The fourth-order valence-electron chi connectivity index (χ4n) is 2.80. The Kier molecular flexibility index (Phi) is 5.11. The predicted molar refractivity (Wildman–Crippen MR) is 74.8 cm³/mol. The molecule has 6 heteroatoms. The zero-order chi connectivity index (χ0) is 14.5. The van der Waals surface area contributed by atoms with E-state index in [1.165, 1.54) is 31.1 Å². The Labute approximate surface area is 119 Å². The second-order valence-electron chi connectivity index (χ2n) is 5.74. The van der Waals surface area contributed by atoms with Gasteiger partial charge in [-0.3, -0.25) is 4.79 Å². The van der Waals surface area contributed by atoms with Gasteiger partial charge >= 0.3 is 5.97 Å². The molecule has 6 nitrogen and oxygen atoms in total. The Bertz CT molecular complexity index is 446. The molecule has 0 aromatic carbocycles. The highest BCUT2D eigenvalue weighted by molar-refractivity contribution is 5.68. The van der Waals surface area contributed by atoms with E-state index in [1.54, 1.807) is 6.20 Å². The lowest BCUT2D eigenvalue weighted by atomic mass is 9.78. The van der Waals surface area contributed by atoms with Crippen LogP contribution < -0.4 is 5.32 Å². The van der Waals surface area contributed by atoms with Crippen molar-refractivity contribution in [1.82, 2.24) is 20.3 Å². The van der Waals surface area contributed by atoms with Crippen LogP contribution in [0.5, 0.6) is 0 Å². The van der Waals surface area contributed by atoms with Gasteiger partial charge < -0.3 is 10.1 Å². The van der Waals surface area contributed by atoms with Crippen LogP contribution in [0, 0.1) is 11.8 Å². The monoisotopic (exact) mass is 280 g/mol. The molecule has 0 unspecified atom stereocenters. The van der Waals surface area contributed by atoms with Gasteiger partial charge in [-0.15, -0.1) is 5.10 Å². The highest BCUT2D eigenvalue weighted by Gasteiger charge is 2.26. The fraction of sp³-hybridized carbons (Fsp3) is 0.786. The van der Waals surface area contributed by atoms with Gasteiger partial charge in [0.15, 0.2) is 0 Å². The molecule has 20 heavy (non-hydrogen) atoms. The topological polar surface area (TPSA) is 69.0 Å². The molecule has 0 saturated heterocycles. The van der Waals surface area contributed by atoms with Crippen LogP contribution in [-0.2, 0) is 22.6 Å². The Morgan fingerprint density at radius 1 is 1.50 bits per heavy atom. The zero-order valence-electron chi connectivity index (χ0n) is 12.5. The molecule has 2 rings (SSSR count). The number of nitrogens with zero attached hydrogens (tertiary/aromatic N) is 3. The molecule has 1 fully saturated rings. The highest BCUT2D eigenvalue weighted by Crippen LogP contribution is 2.29. The number of ether oxygens (including phenoxy) is 1. The molecular weight excluding hydrogens is 256 g/mol. The van der Waals surface area contributed by atoms with E-state index >= 15 is 0 Å². The molecule has 0 aliphatic heterocycles. The van der Waals surface area contributed by atoms with E-state index in [-0.39, 0.29) is 12.5 Å². The van der Waals surface area contributed by atoms with Crippen LogP contribution in [0.1, 0.15) is 38.8 Å². The number of aromatic nitrogens is 3. The number of hydrogen-bond donors (Lipinski definition) is 1. The third-order valence-electron chi connectivity index (χ3n) is 4.36. The van der Waals surface area contributed by atoms with Crippen molar-refractivity contribution in [2.24, 2.45) is 11.8 Å². The van der Waals surface area contributed by atoms with E-state index in [0.29, 0.717) is 18.5 Å². The summed E-state index contributed by atoms with van der Waals surface area (Å²) in [5.41, 5.74) is 0.860. The Morgan fingerprint density at radius 3 is 3.05 bits per heavy atom. The maximum atomic E-state index is 11.1.